The van der Waals surface area contributed by atoms with Gasteiger partial charge in [0, 0.05) is 13.2 Å². The van der Waals surface area contributed by atoms with E-state index in [0.717, 1.165) is 11.3 Å². The fraction of sp³-hybridized carbons (Fsp3) is 0.286. The predicted molar refractivity (Wildman–Crippen MR) is 41.2 cm³/mol. The summed E-state index contributed by atoms with van der Waals surface area (Å²) in [6.45, 7) is 1.90. The molecule has 0 amide bonds. The molecule has 0 radical (unpaired) electrons. The molecule has 0 aliphatic rings. The van der Waals surface area contributed by atoms with Crippen molar-refractivity contribution in [3.8, 4) is 11.5 Å². The van der Waals surface area contributed by atoms with Gasteiger partial charge in [0.2, 0.25) is 6.39 Å². The van der Waals surface area contributed by atoms with Crippen LogP contribution in [0, 0.1) is 6.92 Å². The molecule has 12 heavy (non-hydrogen) atoms. The van der Waals surface area contributed by atoms with E-state index in [0.29, 0.717) is 5.89 Å². The highest BCUT2D eigenvalue weighted by Gasteiger charge is 2.09. The van der Waals surface area contributed by atoms with Gasteiger partial charge in [-0.25, -0.2) is 0 Å². The number of hydrogen-bond acceptors (Lipinski definition) is 4. The number of rotatable bonds is 1. The zero-order valence-electron chi connectivity index (χ0n) is 6.85. The Morgan fingerprint density at radius 2 is 2.33 bits per heavy atom. The molecule has 0 saturated heterocycles. The number of hydrogen-bond donors (Lipinski definition) is 0. The Hall–Kier alpha value is -1.65. The van der Waals surface area contributed by atoms with E-state index in [1.807, 2.05) is 20.2 Å². The second-order valence-electron chi connectivity index (χ2n) is 2.55. The summed E-state index contributed by atoms with van der Waals surface area (Å²) in [5.41, 5.74) is 1.77. The Balaban J connectivity index is 2.54. The molecule has 2 heterocycles. The predicted octanol–water partition coefficient (Wildman–Crippen LogP) is 0.779. The Morgan fingerprint density at radius 1 is 1.50 bits per heavy atom. The highest BCUT2D eigenvalue weighted by molar-refractivity contribution is 5.53. The zero-order valence-corrected chi connectivity index (χ0v) is 6.85. The Bertz CT molecular complexity index is 376. The molecule has 0 saturated carbocycles. The third kappa shape index (κ3) is 0.990. The molecule has 2 aromatic heterocycles. The second-order valence-corrected chi connectivity index (χ2v) is 2.55. The average Bonchev–Trinajstić information content (AvgIpc) is 2.58. The molecule has 0 bridgehead atoms. The van der Waals surface area contributed by atoms with Gasteiger partial charge in [-0.1, -0.05) is 0 Å². The first-order chi connectivity index (χ1) is 5.77. The van der Waals surface area contributed by atoms with Crippen molar-refractivity contribution in [1.29, 1.82) is 0 Å². The molecule has 0 fully saturated rings. The topological polar surface area (TPSA) is 56.7 Å². The van der Waals surface area contributed by atoms with Crippen molar-refractivity contribution in [2.45, 2.75) is 6.92 Å². The molecule has 2 rings (SSSR count). The maximum absolute atomic E-state index is 5.04. The molecule has 0 atom stereocenters. The van der Waals surface area contributed by atoms with E-state index in [2.05, 4.69) is 15.3 Å². The van der Waals surface area contributed by atoms with Crippen LogP contribution in [0.3, 0.4) is 0 Å². The lowest BCUT2D eigenvalue weighted by atomic mass is 10.3. The van der Waals surface area contributed by atoms with Crippen molar-refractivity contribution in [3.63, 3.8) is 0 Å². The minimum Gasteiger partial charge on any atom is -0.423 e. The molecule has 0 N–H and O–H groups in total. The molecule has 2 aromatic rings. The third-order valence-electron chi connectivity index (χ3n) is 1.60. The molecule has 0 aromatic carbocycles. The van der Waals surface area contributed by atoms with Crippen LogP contribution in [0.2, 0.25) is 0 Å². The maximum atomic E-state index is 5.04. The van der Waals surface area contributed by atoms with E-state index in [9.17, 15) is 0 Å². The average molecular weight is 164 g/mol. The lowest BCUT2D eigenvalue weighted by Gasteiger charge is -1.86. The van der Waals surface area contributed by atoms with Gasteiger partial charge in [0.15, 0.2) is 0 Å². The summed E-state index contributed by atoms with van der Waals surface area (Å²) in [5, 5.41) is 11.5. The Kier molecular flexibility index (Phi) is 1.43. The van der Waals surface area contributed by atoms with Crippen molar-refractivity contribution in [2.24, 2.45) is 7.05 Å². The van der Waals surface area contributed by atoms with Gasteiger partial charge in [0.25, 0.3) is 5.89 Å². The van der Waals surface area contributed by atoms with Crippen LogP contribution in [0.1, 0.15) is 5.69 Å². The number of aryl methyl sites for hydroxylation is 2. The van der Waals surface area contributed by atoms with E-state index in [1.54, 1.807) is 4.68 Å². The molecule has 62 valence electrons. The van der Waals surface area contributed by atoms with Crippen LogP contribution in [-0.4, -0.2) is 20.0 Å². The Morgan fingerprint density at radius 3 is 2.83 bits per heavy atom. The first kappa shape index (κ1) is 7.02. The van der Waals surface area contributed by atoms with Crippen molar-refractivity contribution >= 4 is 0 Å². The third-order valence-corrected chi connectivity index (χ3v) is 1.60. The Labute approximate surface area is 69.0 Å². The molecule has 0 spiro atoms. The second kappa shape index (κ2) is 2.44. The van der Waals surface area contributed by atoms with E-state index in [-0.39, 0.29) is 0 Å². The van der Waals surface area contributed by atoms with Crippen molar-refractivity contribution in [1.82, 2.24) is 20.0 Å². The minimum absolute atomic E-state index is 0.514. The van der Waals surface area contributed by atoms with Crippen molar-refractivity contribution in [3.05, 3.63) is 18.3 Å². The highest BCUT2D eigenvalue weighted by Crippen LogP contribution is 2.18. The maximum Gasteiger partial charge on any atom is 0.250 e. The fourth-order valence-electron chi connectivity index (χ4n) is 1.10. The van der Waals surface area contributed by atoms with Gasteiger partial charge in [-0.05, 0) is 6.92 Å². The number of aromatic nitrogens is 4. The van der Waals surface area contributed by atoms with Gasteiger partial charge in [-0.2, -0.15) is 5.10 Å². The molecular weight excluding hydrogens is 156 g/mol. The van der Waals surface area contributed by atoms with Gasteiger partial charge < -0.3 is 4.42 Å². The molecule has 5 heteroatoms. The lowest BCUT2D eigenvalue weighted by Crippen LogP contribution is -1.86. The first-order valence-corrected chi connectivity index (χ1v) is 3.54. The van der Waals surface area contributed by atoms with E-state index in [1.165, 1.54) is 6.39 Å². The van der Waals surface area contributed by atoms with Crippen LogP contribution in [-0.2, 0) is 7.05 Å². The summed E-state index contributed by atoms with van der Waals surface area (Å²) in [7, 11) is 1.85. The van der Waals surface area contributed by atoms with Gasteiger partial charge in [-0.15, -0.1) is 10.2 Å². The smallest absolute Gasteiger partial charge is 0.250 e. The minimum atomic E-state index is 0.514. The largest absolute Gasteiger partial charge is 0.423 e. The number of nitrogens with zero attached hydrogens (tertiary/aromatic N) is 4. The molecular formula is C7H8N4O. The van der Waals surface area contributed by atoms with Crippen LogP contribution in [0.4, 0.5) is 0 Å². The van der Waals surface area contributed by atoms with Crippen LogP contribution in [0.25, 0.3) is 11.5 Å². The van der Waals surface area contributed by atoms with Crippen molar-refractivity contribution in [2.75, 3.05) is 0 Å². The van der Waals surface area contributed by atoms with Gasteiger partial charge in [0.05, 0.1) is 11.3 Å². The van der Waals surface area contributed by atoms with Gasteiger partial charge in [-0.3, -0.25) is 4.68 Å². The van der Waals surface area contributed by atoms with Crippen molar-refractivity contribution < 1.29 is 4.42 Å². The normalized spacial score (nSPS) is 10.5. The van der Waals surface area contributed by atoms with Gasteiger partial charge in [0.1, 0.15) is 0 Å². The monoisotopic (exact) mass is 164 g/mol. The lowest BCUT2D eigenvalue weighted by molar-refractivity contribution is 0.568. The van der Waals surface area contributed by atoms with Crippen LogP contribution < -0.4 is 0 Å². The molecule has 0 aliphatic carbocycles. The highest BCUT2D eigenvalue weighted by atomic mass is 16.4. The molecule has 0 unspecified atom stereocenters. The van der Waals surface area contributed by atoms with Crippen LogP contribution in [0.15, 0.2) is 17.0 Å². The standard InChI is InChI=1S/C7H8N4O/c1-5-6(3-11(2)10-5)7-9-8-4-12-7/h3-4H,1-2H3. The van der Waals surface area contributed by atoms with E-state index < -0.39 is 0 Å². The van der Waals surface area contributed by atoms with Crippen LogP contribution >= 0.6 is 0 Å². The molecule has 0 aliphatic heterocycles. The van der Waals surface area contributed by atoms with Crippen LogP contribution in [0.5, 0.6) is 0 Å². The summed E-state index contributed by atoms with van der Waals surface area (Å²) in [5.74, 6) is 0.514. The first-order valence-electron chi connectivity index (χ1n) is 3.54. The summed E-state index contributed by atoms with van der Waals surface area (Å²) in [6, 6.07) is 0. The van der Waals surface area contributed by atoms with E-state index >= 15 is 0 Å². The zero-order chi connectivity index (χ0) is 8.55. The summed E-state index contributed by atoms with van der Waals surface area (Å²) in [6.07, 6.45) is 3.16. The van der Waals surface area contributed by atoms with Gasteiger partial charge >= 0.3 is 0 Å². The summed E-state index contributed by atoms with van der Waals surface area (Å²) in [4.78, 5) is 0. The fourth-order valence-corrected chi connectivity index (χ4v) is 1.10. The SMILES string of the molecule is Cc1nn(C)cc1-c1nnco1. The molecule has 5 nitrogen and oxygen atoms in total. The van der Waals surface area contributed by atoms with E-state index in [4.69, 9.17) is 4.42 Å². The summed E-state index contributed by atoms with van der Waals surface area (Å²) < 4.78 is 6.76. The quantitative estimate of drug-likeness (QED) is 0.624. The summed E-state index contributed by atoms with van der Waals surface area (Å²) >= 11 is 0.